The SMILES string of the molecule is Cc1c(COc2cc(OCc3cccc(C#N)c3)c(CN3CCCCC3C(=O)NCCCNC(=O)OC(C)(C)C)cc2Cl)cccc1-c1ccccc1. The van der Waals surface area contributed by atoms with Gasteiger partial charge in [0.15, 0.2) is 0 Å². The van der Waals surface area contributed by atoms with E-state index in [1.165, 1.54) is 0 Å². The summed E-state index contributed by atoms with van der Waals surface area (Å²) in [6.07, 6.45) is 2.76. The fraction of sp³-hybridized carbons (Fsp3) is 0.372. The van der Waals surface area contributed by atoms with Crippen molar-refractivity contribution < 1.29 is 23.8 Å². The number of hydrogen-bond donors (Lipinski definition) is 2. The first kappa shape index (κ1) is 39.2. The largest absolute Gasteiger partial charge is 0.488 e. The molecule has 2 N–H and O–H groups in total. The number of nitriles is 1. The van der Waals surface area contributed by atoms with Crippen LogP contribution in [0.2, 0.25) is 5.02 Å². The van der Waals surface area contributed by atoms with Crippen LogP contribution in [-0.2, 0) is 29.3 Å². The molecule has 10 heteroatoms. The lowest BCUT2D eigenvalue weighted by molar-refractivity contribution is -0.127. The van der Waals surface area contributed by atoms with E-state index in [1.54, 1.807) is 6.07 Å². The van der Waals surface area contributed by atoms with Gasteiger partial charge in [-0.3, -0.25) is 9.69 Å². The normalized spacial score (nSPS) is 14.5. The maximum absolute atomic E-state index is 13.5. The predicted molar refractivity (Wildman–Crippen MR) is 208 cm³/mol. The van der Waals surface area contributed by atoms with E-state index in [9.17, 15) is 14.9 Å². The van der Waals surface area contributed by atoms with Crippen molar-refractivity contribution in [2.75, 3.05) is 19.6 Å². The van der Waals surface area contributed by atoms with Crippen molar-refractivity contribution >= 4 is 23.6 Å². The Bertz CT molecular complexity index is 1900. The molecule has 53 heavy (non-hydrogen) atoms. The van der Waals surface area contributed by atoms with Gasteiger partial charge in [0.1, 0.15) is 30.3 Å². The molecule has 0 spiro atoms. The van der Waals surface area contributed by atoms with E-state index in [0.29, 0.717) is 54.7 Å². The standard InChI is InChI=1S/C43H49ClN4O5/c1-30-34(17-11-18-36(30)33-15-6-5-7-16-33)29-52-40-25-39(51-28-32-14-10-13-31(23-32)26-45)35(24-37(40)44)27-48-22-9-8-19-38(48)41(49)46-20-12-21-47-42(50)53-43(2,3)4/h5-7,10-11,13-18,23-25,38H,8-9,12,19-22,27-29H2,1-4H3,(H,46,49)(H,47,50). The molecule has 5 rings (SSSR count). The average molecular weight is 737 g/mol. The summed E-state index contributed by atoms with van der Waals surface area (Å²) in [6.45, 7) is 10.1. The van der Waals surface area contributed by atoms with Gasteiger partial charge in [0, 0.05) is 31.3 Å². The summed E-state index contributed by atoms with van der Waals surface area (Å²) in [5.41, 5.74) is 6.16. The van der Waals surface area contributed by atoms with Gasteiger partial charge in [-0.1, -0.05) is 78.7 Å². The second-order valence-electron chi connectivity index (χ2n) is 14.3. The Morgan fingerprint density at radius 1 is 0.887 bits per heavy atom. The summed E-state index contributed by atoms with van der Waals surface area (Å²) in [7, 11) is 0. The highest BCUT2D eigenvalue weighted by Crippen LogP contribution is 2.36. The number of hydrogen-bond acceptors (Lipinski definition) is 7. The molecule has 4 aromatic rings. The van der Waals surface area contributed by atoms with Gasteiger partial charge in [-0.25, -0.2) is 4.79 Å². The quantitative estimate of drug-likeness (QED) is 0.125. The van der Waals surface area contributed by atoms with E-state index in [1.807, 2.05) is 75.4 Å². The molecule has 1 saturated heterocycles. The van der Waals surface area contributed by atoms with E-state index >= 15 is 0 Å². The number of likely N-dealkylation sites (tertiary alicyclic amines) is 1. The molecular weight excluding hydrogens is 688 g/mol. The predicted octanol–water partition coefficient (Wildman–Crippen LogP) is 8.73. The minimum Gasteiger partial charge on any atom is -0.488 e. The lowest BCUT2D eigenvalue weighted by Gasteiger charge is -2.35. The molecule has 0 aromatic heterocycles. The van der Waals surface area contributed by atoms with Crippen LogP contribution in [0.1, 0.15) is 74.3 Å². The fourth-order valence-electron chi connectivity index (χ4n) is 6.38. The second kappa shape index (κ2) is 18.6. The van der Waals surface area contributed by atoms with Crippen LogP contribution in [0.3, 0.4) is 0 Å². The van der Waals surface area contributed by atoms with E-state index < -0.39 is 11.7 Å². The number of carbonyl (C=O) groups is 2. The first-order chi connectivity index (χ1) is 25.5. The van der Waals surface area contributed by atoms with Crippen molar-refractivity contribution in [2.24, 2.45) is 0 Å². The van der Waals surface area contributed by atoms with Crippen LogP contribution in [0, 0.1) is 18.3 Å². The number of amides is 2. The van der Waals surface area contributed by atoms with Crippen molar-refractivity contribution in [3.05, 3.63) is 118 Å². The van der Waals surface area contributed by atoms with Crippen molar-refractivity contribution in [1.29, 1.82) is 5.26 Å². The Kier molecular flexibility index (Phi) is 13.8. The third kappa shape index (κ3) is 11.5. The molecule has 9 nitrogen and oxygen atoms in total. The van der Waals surface area contributed by atoms with E-state index in [4.69, 9.17) is 25.8 Å². The molecule has 0 radical (unpaired) electrons. The molecule has 2 amide bonds. The van der Waals surface area contributed by atoms with Gasteiger partial charge in [-0.15, -0.1) is 0 Å². The molecule has 0 aliphatic carbocycles. The monoisotopic (exact) mass is 736 g/mol. The zero-order valence-electron chi connectivity index (χ0n) is 31.0. The number of benzene rings is 4. The van der Waals surface area contributed by atoms with Gasteiger partial charge in [0.25, 0.3) is 0 Å². The van der Waals surface area contributed by atoms with Crippen molar-refractivity contribution in [1.82, 2.24) is 15.5 Å². The number of nitrogens with one attached hydrogen (secondary N) is 2. The highest BCUT2D eigenvalue weighted by Gasteiger charge is 2.29. The Morgan fingerprint density at radius 2 is 1.64 bits per heavy atom. The maximum atomic E-state index is 13.5. The minimum absolute atomic E-state index is 0.0445. The van der Waals surface area contributed by atoms with E-state index in [-0.39, 0.29) is 18.6 Å². The first-order valence-corrected chi connectivity index (χ1v) is 18.6. The van der Waals surface area contributed by atoms with Gasteiger partial charge in [-0.05, 0) is 99.5 Å². The smallest absolute Gasteiger partial charge is 0.407 e. The Labute approximate surface area is 318 Å². The topological polar surface area (TPSA) is 113 Å². The lowest BCUT2D eigenvalue weighted by atomic mass is 9.97. The van der Waals surface area contributed by atoms with E-state index in [0.717, 1.165) is 59.2 Å². The molecule has 1 aliphatic heterocycles. The summed E-state index contributed by atoms with van der Waals surface area (Å²) >= 11 is 6.91. The summed E-state index contributed by atoms with van der Waals surface area (Å²) in [5, 5.41) is 15.7. The van der Waals surface area contributed by atoms with Gasteiger partial charge in [0.2, 0.25) is 5.91 Å². The third-order valence-corrected chi connectivity index (χ3v) is 9.39. The average Bonchev–Trinajstić information content (AvgIpc) is 3.14. The summed E-state index contributed by atoms with van der Waals surface area (Å²) < 4.78 is 18.1. The Balaban J connectivity index is 1.30. The first-order valence-electron chi connectivity index (χ1n) is 18.2. The third-order valence-electron chi connectivity index (χ3n) is 9.09. The van der Waals surface area contributed by atoms with Gasteiger partial charge < -0.3 is 24.8 Å². The number of alkyl carbamates (subject to hydrolysis) is 1. The van der Waals surface area contributed by atoms with Crippen LogP contribution >= 0.6 is 11.6 Å². The fourth-order valence-corrected chi connectivity index (χ4v) is 6.62. The molecule has 4 aromatic carbocycles. The Morgan fingerprint density at radius 3 is 2.42 bits per heavy atom. The molecule has 1 atom stereocenters. The van der Waals surface area contributed by atoms with Gasteiger partial charge in [-0.2, -0.15) is 5.26 Å². The van der Waals surface area contributed by atoms with Crippen molar-refractivity contribution in [3.8, 4) is 28.7 Å². The molecule has 1 heterocycles. The summed E-state index contributed by atoms with van der Waals surface area (Å²) in [6, 6.07) is 29.4. The molecule has 1 fully saturated rings. The number of rotatable bonds is 14. The molecule has 1 aliphatic rings. The van der Waals surface area contributed by atoms with Crippen molar-refractivity contribution in [3.63, 3.8) is 0 Å². The number of nitrogens with zero attached hydrogens (tertiary/aromatic N) is 2. The van der Waals surface area contributed by atoms with Crippen LogP contribution < -0.4 is 20.1 Å². The van der Waals surface area contributed by atoms with E-state index in [2.05, 4.69) is 52.8 Å². The van der Waals surface area contributed by atoms with Crippen LogP contribution in [0.15, 0.2) is 84.9 Å². The van der Waals surface area contributed by atoms with Gasteiger partial charge in [0.05, 0.1) is 22.7 Å². The number of halogens is 1. The lowest BCUT2D eigenvalue weighted by Crippen LogP contribution is -2.49. The zero-order valence-corrected chi connectivity index (χ0v) is 31.8. The summed E-state index contributed by atoms with van der Waals surface area (Å²) in [4.78, 5) is 27.6. The molecule has 1 unspecified atom stereocenters. The van der Waals surface area contributed by atoms with Crippen LogP contribution in [0.4, 0.5) is 4.79 Å². The number of piperidine rings is 1. The number of ether oxygens (including phenoxy) is 3. The maximum Gasteiger partial charge on any atom is 0.407 e. The van der Waals surface area contributed by atoms with Crippen LogP contribution in [0.5, 0.6) is 11.5 Å². The van der Waals surface area contributed by atoms with Crippen molar-refractivity contribution in [2.45, 2.75) is 84.8 Å². The second-order valence-corrected chi connectivity index (χ2v) is 14.7. The molecular formula is C43H49ClN4O5. The van der Waals surface area contributed by atoms with Crippen LogP contribution in [0.25, 0.3) is 11.1 Å². The van der Waals surface area contributed by atoms with Gasteiger partial charge >= 0.3 is 6.09 Å². The number of carbonyl (C=O) groups excluding carboxylic acids is 2. The molecule has 278 valence electrons. The minimum atomic E-state index is -0.567. The highest BCUT2D eigenvalue weighted by atomic mass is 35.5. The van der Waals surface area contributed by atoms with Crippen LogP contribution in [-0.4, -0.2) is 48.2 Å². The Hall–Kier alpha value is -5.04. The molecule has 0 saturated carbocycles. The zero-order chi connectivity index (χ0) is 37.8. The summed E-state index contributed by atoms with van der Waals surface area (Å²) in [5.74, 6) is 1.05. The molecule has 0 bridgehead atoms. The highest BCUT2D eigenvalue weighted by molar-refractivity contribution is 6.32.